The van der Waals surface area contributed by atoms with Crippen LogP contribution in [0.5, 0.6) is 0 Å². The lowest BCUT2D eigenvalue weighted by molar-refractivity contribution is -0.0884. The van der Waals surface area contributed by atoms with Crippen LogP contribution in [-0.2, 0) is 16.1 Å². The summed E-state index contributed by atoms with van der Waals surface area (Å²) in [5.74, 6) is 0. The number of nitrogens with zero attached hydrogens (tertiary/aromatic N) is 1. The van der Waals surface area contributed by atoms with Gasteiger partial charge in [-0.15, -0.1) is 4.72 Å². The topological polar surface area (TPSA) is 79.8 Å². The number of nitrogens with one attached hydrogen (secondary N) is 2. The number of morpholine rings is 1. The Labute approximate surface area is 187 Å². The Morgan fingerprint density at radius 1 is 1.30 bits per heavy atom. The molecule has 1 rings (SSSR count). The van der Waals surface area contributed by atoms with Crippen LogP contribution >= 0.6 is 0 Å². The third-order valence-corrected chi connectivity index (χ3v) is 7.13. The number of hydrogen-bond donors (Lipinski definition) is 3. The minimum Gasteiger partial charge on any atom is -0.598 e. The quantitative estimate of drug-likeness (QED) is 0.242. The van der Waals surface area contributed by atoms with Crippen molar-refractivity contribution in [2.75, 3.05) is 13.1 Å². The molecule has 6 nitrogen and oxygen atoms in total. The van der Waals surface area contributed by atoms with Crippen LogP contribution in [-0.4, -0.2) is 56.9 Å². The van der Waals surface area contributed by atoms with Gasteiger partial charge in [-0.1, -0.05) is 12.7 Å². The van der Waals surface area contributed by atoms with Crippen molar-refractivity contribution in [3.63, 3.8) is 0 Å². The maximum absolute atomic E-state index is 12.0. The van der Waals surface area contributed by atoms with E-state index in [-0.39, 0.29) is 17.0 Å². The zero-order valence-corrected chi connectivity index (χ0v) is 21.0. The zero-order chi connectivity index (χ0) is 22.9. The van der Waals surface area contributed by atoms with Gasteiger partial charge in [-0.05, 0) is 80.6 Å². The summed E-state index contributed by atoms with van der Waals surface area (Å²) >= 11 is -1.04. The van der Waals surface area contributed by atoms with Gasteiger partial charge in [-0.3, -0.25) is 0 Å². The van der Waals surface area contributed by atoms with E-state index >= 15 is 0 Å². The lowest BCUT2D eigenvalue weighted by atomic mass is 10.1. The van der Waals surface area contributed by atoms with E-state index in [4.69, 9.17) is 4.74 Å². The Bertz CT molecular complexity index is 550. The second-order valence-electron chi connectivity index (χ2n) is 9.36. The molecule has 1 heterocycles. The van der Waals surface area contributed by atoms with E-state index < -0.39 is 17.6 Å². The van der Waals surface area contributed by atoms with Crippen LogP contribution in [0.1, 0.15) is 80.6 Å². The third-order valence-electron chi connectivity index (χ3n) is 5.55. The fraction of sp³-hybridized carbons (Fsp3) is 0.826. The number of ether oxygens (including phenoxy) is 1. The van der Waals surface area contributed by atoms with Gasteiger partial charge < -0.3 is 24.6 Å². The molecule has 3 N–H and O–H groups in total. The highest BCUT2D eigenvalue weighted by atomic mass is 32.2. The normalized spacial score (nSPS) is 25.2. The van der Waals surface area contributed by atoms with Gasteiger partial charge in [-0.25, -0.2) is 0 Å². The fourth-order valence-electron chi connectivity index (χ4n) is 3.49. The monoisotopic (exact) mass is 443 g/mol. The molecular formula is C23H45N3O3S. The van der Waals surface area contributed by atoms with Gasteiger partial charge in [0.05, 0.1) is 18.2 Å². The fourth-order valence-corrected chi connectivity index (χ4v) is 4.25. The Hall–Kier alpha value is -0.730. The summed E-state index contributed by atoms with van der Waals surface area (Å²) in [4.78, 5) is 2.36. The maximum atomic E-state index is 12.0. The van der Waals surface area contributed by atoms with Crippen molar-refractivity contribution in [2.45, 2.75) is 110 Å². The summed E-state index contributed by atoms with van der Waals surface area (Å²) < 4.78 is 20.7. The standard InChI is InChI=1S/C23H45N3O3S/c1-9-21(14-13-17(2)26-16-18(3)29-20(5)19(26)4)25-22(27)12-10-11-15-24-30(28)23(6,7)8/h9,18-20,22,24-25,27H,2,10-16H2,1,3-8H3/b21-9+/t18-,19?,20+,22?,30?/m0/s1. The second kappa shape index (κ2) is 13.0. The number of allylic oxidation sites excluding steroid dienone is 3. The molecule has 0 spiro atoms. The summed E-state index contributed by atoms with van der Waals surface area (Å²) in [6, 6.07) is 0.322. The third kappa shape index (κ3) is 9.60. The molecule has 0 aromatic rings. The van der Waals surface area contributed by atoms with Crippen LogP contribution < -0.4 is 10.0 Å². The van der Waals surface area contributed by atoms with E-state index in [2.05, 4.69) is 42.3 Å². The molecule has 1 aliphatic heterocycles. The van der Waals surface area contributed by atoms with E-state index in [1.807, 2.05) is 33.8 Å². The zero-order valence-electron chi connectivity index (χ0n) is 20.2. The molecule has 0 radical (unpaired) electrons. The van der Waals surface area contributed by atoms with Crippen molar-refractivity contribution in [3.8, 4) is 0 Å². The van der Waals surface area contributed by atoms with E-state index in [0.29, 0.717) is 19.0 Å². The minimum absolute atomic E-state index is 0.196. The second-order valence-corrected chi connectivity index (χ2v) is 11.4. The molecule has 30 heavy (non-hydrogen) atoms. The van der Waals surface area contributed by atoms with Gasteiger partial charge in [-0.2, -0.15) is 0 Å². The Morgan fingerprint density at radius 3 is 2.57 bits per heavy atom. The summed E-state index contributed by atoms with van der Waals surface area (Å²) in [7, 11) is 0. The van der Waals surface area contributed by atoms with Gasteiger partial charge in [0.15, 0.2) is 0 Å². The number of aliphatic hydroxyl groups excluding tert-OH is 1. The van der Waals surface area contributed by atoms with Crippen LogP contribution in [0.2, 0.25) is 0 Å². The molecule has 1 saturated heterocycles. The van der Waals surface area contributed by atoms with Crippen LogP contribution in [0.25, 0.3) is 0 Å². The highest BCUT2D eigenvalue weighted by Gasteiger charge is 2.30. The van der Waals surface area contributed by atoms with Crippen LogP contribution in [0.15, 0.2) is 24.0 Å². The molecule has 7 heteroatoms. The van der Waals surface area contributed by atoms with Crippen LogP contribution in [0, 0.1) is 0 Å². The highest BCUT2D eigenvalue weighted by Crippen LogP contribution is 2.24. The predicted octanol–water partition coefficient (Wildman–Crippen LogP) is 3.81. The molecule has 176 valence electrons. The van der Waals surface area contributed by atoms with E-state index in [9.17, 15) is 9.66 Å². The summed E-state index contributed by atoms with van der Waals surface area (Å²) in [6.45, 7) is 20.1. The molecule has 0 aromatic heterocycles. The van der Waals surface area contributed by atoms with Crippen LogP contribution in [0.4, 0.5) is 0 Å². The molecular weight excluding hydrogens is 398 g/mol. The van der Waals surface area contributed by atoms with Crippen molar-refractivity contribution < 1.29 is 14.4 Å². The minimum atomic E-state index is -1.04. The molecule has 0 aromatic carbocycles. The smallest absolute Gasteiger partial charge is 0.136 e. The van der Waals surface area contributed by atoms with Gasteiger partial charge in [0, 0.05) is 35.8 Å². The largest absolute Gasteiger partial charge is 0.598 e. The number of hydrogen-bond acceptors (Lipinski definition) is 6. The first-order chi connectivity index (χ1) is 14.0. The number of rotatable bonds is 12. The van der Waals surface area contributed by atoms with Crippen molar-refractivity contribution >= 4 is 11.4 Å². The van der Waals surface area contributed by atoms with E-state index in [1.54, 1.807) is 0 Å². The van der Waals surface area contributed by atoms with E-state index in [0.717, 1.165) is 43.6 Å². The van der Waals surface area contributed by atoms with Crippen molar-refractivity contribution in [1.29, 1.82) is 0 Å². The average Bonchev–Trinajstić information content (AvgIpc) is 2.66. The lowest BCUT2D eigenvalue weighted by Gasteiger charge is -2.43. The molecule has 1 aliphatic rings. The summed E-state index contributed by atoms with van der Waals surface area (Å²) in [5, 5.41) is 13.6. The van der Waals surface area contributed by atoms with Crippen molar-refractivity contribution in [3.05, 3.63) is 24.0 Å². The molecule has 0 bridgehead atoms. The predicted molar refractivity (Wildman–Crippen MR) is 127 cm³/mol. The first kappa shape index (κ1) is 27.3. The first-order valence-electron chi connectivity index (χ1n) is 11.3. The first-order valence-corrected chi connectivity index (χ1v) is 12.5. The van der Waals surface area contributed by atoms with E-state index in [1.165, 1.54) is 0 Å². The van der Waals surface area contributed by atoms with Crippen molar-refractivity contribution in [1.82, 2.24) is 14.9 Å². The number of aliphatic hydroxyl groups is 1. The maximum Gasteiger partial charge on any atom is 0.136 e. The molecule has 1 fully saturated rings. The molecule has 0 aliphatic carbocycles. The van der Waals surface area contributed by atoms with Gasteiger partial charge in [0.1, 0.15) is 11.0 Å². The Balaban J connectivity index is 2.30. The Kier molecular flexibility index (Phi) is 11.8. The van der Waals surface area contributed by atoms with Gasteiger partial charge in [0.25, 0.3) is 0 Å². The molecule has 5 atom stereocenters. The van der Waals surface area contributed by atoms with Gasteiger partial charge in [0.2, 0.25) is 0 Å². The highest BCUT2D eigenvalue weighted by molar-refractivity contribution is 7.90. The summed E-state index contributed by atoms with van der Waals surface area (Å²) in [5.41, 5.74) is 2.16. The number of unbranched alkanes of at least 4 members (excludes halogenated alkanes) is 1. The molecule has 0 amide bonds. The summed E-state index contributed by atoms with van der Waals surface area (Å²) in [6.07, 6.45) is 5.96. The average molecular weight is 444 g/mol. The van der Waals surface area contributed by atoms with Gasteiger partial charge >= 0.3 is 0 Å². The Morgan fingerprint density at radius 2 is 1.97 bits per heavy atom. The van der Waals surface area contributed by atoms with Crippen molar-refractivity contribution in [2.24, 2.45) is 0 Å². The molecule has 0 saturated carbocycles. The van der Waals surface area contributed by atoms with Crippen LogP contribution in [0.3, 0.4) is 0 Å². The molecule has 3 unspecified atom stereocenters. The SMILES string of the molecule is C=C(CC/C(=C\C)NC(O)CCCCN[S+]([O-])C(C)(C)C)N1C[C@H](C)O[C@H](C)C1C. The lowest BCUT2D eigenvalue weighted by Crippen LogP contribution is -2.50.